The normalized spacial score (nSPS) is 36.9. The van der Waals surface area contributed by atoms with Crippen molar-refractivity contribution in [2.45, 2.75) is 28.5 Å². The van der Waals surface area contributed by atoms with E-state index in [0.717, 1.165) is 9.80 Å². The predicted octanol–water partition coefficient (Wildman–Crippen LogP) is 2.67. The van der Waals surface area contributed by atoms with Gasteiger partial charge in [-0.3, -0.25) is 29.0 Å². The lowest BCUT2D eigenvalue weighted by Crippen LogP contribution is -2.60. The van der Waals surface area contributed by atoms with Crippen molar-refractivity contribution in [3.63, 3.8) is 0 Å². The highest BCUT2D eigenvalue weighted by atomic mass is 35.5. The minimum absolute atomic E-state index is 0.0387. The molecule has 180 valence electrons. The van der Waals surface area contributed by atoms with Crippen LogP contribution < -0.4 is 4.74 Å². The largest absolute Gasteiger partial charge is 0.503 e. The van der Waals surface area contributed by atoms with Gasteiger partial charge in [-0.25, -0.2) is 0 Å². The number of hydrogen-bond acceptors (Lipinski definition) is 6. The molecule has 1 saturated carbocycles. The van der Waals surface area contributed by atoms with Gasteiger partial charge >= 0.3 is 0 Å². The van der Waals surface area contributed by atoms with Crippen molar-refractivity contribution in [2.75, 3.05) is 21.2 Å². The van der Waals surface area contributed by atoms with E-state index >= 15 is 0 Å². The molecule has 6 atom stereocenters. The molecule has 3 fully saturated rings. The second-order valence-corrected chi connectivity index (χ2v) is 10.9. The number of imide groups is 2. The highest BCUT2D eigenvalue weighted by Gasteiger charge is 2.75. The molecule has 0 unspecified atom stereocenters. The summed E-state index contributed by atoms with van der Waals surface area (Å²) in [5.41, 5.74) is 1.04. The third kappa shape index (κ3) is 2.62. The van der Waals surface area contributed by atoms with Crippen LogP contribution in [0.15, 0.2) is 23.8 Å². The summed E-state index contributed by atoms with van der Waals surface area (Å²) in [6, 6.07) is 2.94. The van der Waals surface area contributed by atoms with E-state index < -0.39 is 45.2 Å². The highest BCUT2D eigenvalue weighted by molar-refractivity contribution is 6.53. The number of carbonyl (C=O) groups excluding carboxylic acids is 4. The van der Waals surface area contributed by atoms with Crippen LogP contribution in [0.4, 0.5) is 0 Å². The van der Waals surface area contributed by atoms with Gasteiger partial charge in [0, 0.05) is 20.0 Å². The van der Waals surface area contributed by atoms with Crippen LogP contribution in [0.1, 0.15) is 24.3 Å². The van der Waals surface area contributed by atoms with E-state index in [1.54, 1.807) is 0 Å². The summed E-state index contributed by atoms with van der Waals surface area (Å²) in [4.78, 5) is 50.8. The average molecular weight is 528 g/mol. The lowest BCUT2D eigenvalue weighted by molar-refractivity contribution is -0.140. The van der Waals surface area contributed by atoms with Gasteiger partial charge in [-0.15, -0.1) is 23.2 Å². The fourth-order valence-corrected chi connectivity index (χ4v) is 7.43. The van der Waals surface area contributed by atoms with Gasteiger partial charge < -0.3 is 9.84 Å². The molecule has 1 aromatic rings. The Morgan fingerprint density at radius 1 is 1.03 bits per heavy atom. The van der Waals surface area contributed by atoms with Crippen LogP contribution >= 0.6 is 34.8 Å². The number of methoxy groups -OCH3 is 1. The number of alkyl halides is 2. The summed E-state index contributed by atoms with van der Waals surface area (Å²) in [5, 5.41) is 10.2. The van der Waals surface area contributed by atoms with E-state index in [0.29, 0.717) is 11.1 Å². The Hall–Kier alpha value is -2.29. The van der Waals surface area contributed by atoms with E-state index in [-0.39, 0.29) is 41.2 Å². The number of amides is 4. The van der Waals surface area contributed by atoms with Crippen molar-refractivity contribution in [3.05, 3.63) is 34.4 Å². The zero-order valence-electron chi connectivity index (χ0n) is 18.5. The Morgan fingerprint density at radius 2 is 1.71 bits per heavy atom. The molecule has 34 heavy (non-hydrogen) atoms. The van der Waals surface area contributed by atoms with Gasteiger partial charge in [0.05, 0.1) is 24.0 Å². The zero-order chi connectivity index (χ0) is 24.9. The lowest BCUT2D eigenvalue weighted by atomic mass is 9.56. The number of benzene rings is 1. The van der Waals surface area contributed by atoms with Crippen LogP contribution in [0.5, 0.6) is 11.5 Å². The van der Waals surface area contributed by atoms with Gasteiger partial charge in [0.1, 0.15) is 0 Å². The molecule has 0 bridgehead atoms. The number of carbonyl (C=O) groups is 4. The number of allylic oxidation sites excluding steroid dienone is 2. The molecule has 1 aromatic carbocycles. The van der Waals surface area contributed by atoms with Gasteiger partial charge in [-0.05, 0) is 36.5 Å². The summed E-state index contributed by atoms with van der Waals surface area (Å²) < 4.78 is 5.25. The van der Waals surface area contributed by atoms with Crippen molar-refractivity contribution in [1.82, 2.24) is 9.80 Å². The first-order valence-corrected chi connectivity index (χ1v) is 11.8. The molecule has 5 rings (SSSR count). The van der Waals surface area contributed by atoms with Crippen molar-refractivity contribution in [2.24, 2.45) is 17.8 Å². The van der Waals surface area contributed by atoms with Crippen molar-refractivity contribution in [1.29, 1.82) is 0 Å². The van der Waals surface area contributed by atoms with Crippen LogP contribution in [0.3, 0.4) is 0 Å². The Morgan fingerprint density at radius 3 is 2.35 bits per heavy atom. The van der Waals surface area contributed by atoms with Gasteiger partial charge in [0.2, 0.25) is 11.8 Å². The SMILES string of the molecule is COc1cc([C@H]2C3=CC[C@@H]4C(=O)N(C)C(=O)[C@@H]4[C@@H]3C[C@@]3(Cl)C(=O)N(C)C(=O)[C@@]23Cl)cc(Cl)c1O. The fraction of sp³-hybridized carbons (Fsp3) is 0.478. The maximum atomic E-state index is 13.5. The van der Waals surface area contributed by atoms with Crippen molar-refractivity contribution in [3.8, 4) is 11.5 Å². The van der Waals surface area contributed by atoms with Crippen LogP contribution in [-0.4, -0.2) is 69.5 Å². The van der Waals surface area contributed by atoms with Crippen LogP contribution in [0.2, 0.25) is 5.02 Å². The number of nitrogens with zero attached hydrogens (tertiary/aromatic N) is 2. The Balaban J connectivity index is 1.78. The molecule has 4 aliphatic rings. The Labute approximate surface area is 210 Å². The first-order valence-electron chi connectivity index (χ1n) is 10.7. The average Bonchev–Trinajstić information content (AvgIpc) is 3.10. The number of phenolic OH excluding ortho intramolecular Hbond substituents is 1. The number of phenols is 1. The number of halogens is 3. The number of fused-ring (bicyclic) bond motifs is 4. The Bertz CT molecular complexity index is 1220. The quantitative estimate of drug-likeness (QED) is 0.360. The lowest BCUT2D eigenvalue weighted by Gasteiger charge is -2.50. The van der Waals surface area contributed by atoms with E-state index in [2.05, 4.69) is 0 Å². The minimum Gasteiger partial charge on any atom is -0.503 e. The number of likely N-dealkylation sites (tertiary alicyclic amines) is 2. The first-order chi connectivity index (χ1) is 15.9. The second kappa shape index (κ2) is 7.35. The molecule has 0 spiro atoms. The molecule has 0 radical (unpaired) electrons. The second-order valence-electron chi connectivity index (χ2n) is 9.29. The molecule has 0 aromatic heterocycles. The van der Waals surface area contributed by atoms with E-state index in [1.807, 2.05) is 6.08 Å². The molecule has 4 amide bonds. The van der Waals surface area contributed by atoms with Gasteiger partial charge in [0.15, 0.2) is 21.2 Å². The molecular weight excluding hydrogens is 507 g/mol. The molecule has 8 nitrogen and oxygen atoms in total. The minimum atomic E-state index is -1.92. The molecule has 2 aliphatic heterocycles. The highest BCUT2D eigenvalue weighted by Crippen LogP contribution is 2.65. The smallest absolute Gasteiger partial charge is 0.253 e. The van der Waals surface area contributed by atoms with E-state index in [1.165, 1.54) is 33.3 Å². The molecule has 2 saturated heterocycles. The summed E-state index contributed by atoms with van der Waals surface area (Å²) in [6.07, 6.45) is 2.03. The standard InChI is InChI=1S/C23H21Cl3N2O6/c1-27-18(30)11-5-4-10-12(15(11)19(27)31)8-22(25)20(32)28(2)21(33)23(22,26)16(10)9-6-13(24)17(29)14(7-9)34-3/h4,6-7,11-12,15-16,29H,5,8H2,1-3H3/t11-,12+,15-,16-,22+,23-/m0/s1. The van der Waals surface area contributed by atoms with Gasteiger partial charge in [-0.1, -0.05) is 23.3 Å². The van der Waals surface area contributed by atoms with Crippen LogP contribution in [-0.2, 0) is 19.2 Å². The molecule has 1 N–H and O–H groups in total. The number of aromatic hydroxyl groups is 1. The fourth-order valence-electron chi connectivity index (χ4n) is 6.19. The number of rotatable bonds is 2. The zero-order valence-corrected chi connectivity index (χ0v) is 20.7. The monoisotopic (exact) mass is 526 g/mol. The number of ether oxygens (including phenoxy) is 1. The summed E-state index contributed by atoms with van der Waals surface area (Å²) in [5.74, 6) is -5.06. The van der Waals surface area contributed by atoms with Gasteiger partial charge in [0.25, 0.3) is 11.8 Å². The summed E-state index contributed by atoms with van der Waals surface area (Å²) >= 11 is 20.4. The predicted molar refractivity (Wildman–Crippen MR) is 123 cm³/mol. The van der Waals surface area contributed by atoms with Crippen LogP contribution in [0, 0.1) is 17.8 Å². The summed E-state index contributed by atoms with van der Waals surface area (Å²) in [6.45, 7) is 0. The number of hydrogen-bond donors (Lipinski definition) is 1. The van der Waals surface area contributed by atoms with E-state index in [4.69, 9.17) is 39.5 Å². The van der Waals surface area contributed by atoms with Crippen molar-refractivity contribution >= 4 is 58.4 Å². The molecule has 2 heterocycles. The van der Waals surface area contributed by atoms with Crippen molar-refractivity contribution < 1.29 is 29.0 Å². The summed E-state index contributed by atoms with van der Waals surface area (Å²) in [7, 11) is 4.10. The Kier molecular flexibility index (Phi) is 5.07. The molecule has 2 aliphatic carbocycles. The van der Waals surface area contributed by atoms with E-state index in [9.17, 15) is 24.3 Å². The third-order valence-electron chi connectivity index (χ3n) is 7.84. The van der Waals surface area contributed by atoms with Crippen LogP contribution in [0.25, 0.3) is 0 Å². The molecular formula is C23H21Cl3N2O6. The maximum Gasteiger partial charge on any atom is 0.253 e. The first kappa shape index (κ1) is 23.5. The third-order valence-corrected chi connectivity index (χ3v) is 9.54. The molecule has 11 heteroatoms. The maximum absolute atomic E-state index is 13.5. The van der Waals surface area contributed by atoms with Gasteiger partial charge in [-0.2, -0.15) is 0 Å². The topological polar surface area (TPSA) is 104 Å².